The first-order chi connectivity index (χ1) is 10.5. The first-order valence-electron chi connectivity index (χ1n) is 6.87. The number of sulfonamides is 1. The van der Waals surface area contributed by atoms with E-state index in [9.17, 15) is 8.42 Å². The number of hydrogen-bond acceptors (Lipinski definition) is 2. The third kappa shape index (κ3) is 4.18. The van der Waals surface area contributed by atoms with Crippen molar-refractivity contribution in [2.45, 2.75) is 29.5 Å². The molecule has 0 fully saturated rings. The van der Waals surface area contributed by atoms with Crippen molar-refractivity contribution in [2.24, 2.45) is 3.77 Å². The molecule has 0 aromatic heterocycles. The molecule has 0 saturated heterocycles. The van der Waals surface area contributed by atoms with Crippen LogP contribution in [0, 0.1) is 6.92 Å². The topological polar surface area (TPSA) is 46.5 Å². The molecule has 118 valence electrons. The Hall–Kier alpha value is -1.17. The molecule has 3 nitrogen and oxygen atoms in total. The van der Waals surface area contributed by atoms with Gasteiger partial charge in [0.05, 0.1) is 4.90 Å². The van der Waals surface area contributed by atoms with Crippen molar-refractivity contribution in [3.8, 4) is 0 Å². The maximum absolute atomic E-state index is 12.4. The zero-order chi connectivity index (χ0) is 16.2. The zero-order valence-electron chi connectivity index (χ0n) is 12.5. The van der Waals surface area contributed by atoms with Crippen molar-refractivity contribution in [3.05, 3.63) is 59.7 Å². The predicted octanol–water partition coefficient (Wildman–Crippen LogP) is 4.30. The summed E-state index contributed by atoms with van der Waals surface area (Å²) >= 11 is 5.77. The van der Waals surface area contributed by atoms with Gasteiger partial charge in [0.25, 0.3) is 10.0 Å². The fourth-order valence-electron chi connectivity index (χ4n) is 1.87. The predicted molar refractivity (Wildman–Crippen MR) is 93.0 cm³/mol. The first-order valence-corrected chi connectivity index (χ1v) is 10.2. The molecule has 22 heavy (non-hydrogen) atoms. The molecule has 2 aromatic rings. The Bertz CT molecular complexity index is 767. The lowest BCUT2D eigenvalue weighted by molar-refractivity contribution is 0.598. The van der Waals surface area contributed by atoms with Gasteiger partial charge in [-0.25, -0.2) is 0 Å². The van der Waals surface area contributed by atoms with Crippen LogP contribution < -0.4 is 0 Å². The van der Waals surface area contributed by atoms with Gasteiger partial charge in [-0.2, -0.15) is 8.42 Å². The highest BCUT2D eigenvalue weighted by atomic mass is 35.5. The van der Waals surface area contributed by atoms with E-state index in [2.05, 4.69) is 3.77 Å². The van der Waals surface area contributed by atoms with E-state index in [0.29, 0.717) is 11.6 Å². The second kappa shape index (κ2) is 7.40. The number of hydrogen-bond donors (Lipinski definition) is 0. The van der Waals surface area contributed by atoms with Crippen LogP contribution in [0.15, 0.2) is 62.1 Å². The summed E-state index contributed by atoms with van der Waals surface area (Å²) in [5.41, 5.74) is 2.02. The number of rotatable bonds is 5. The van der Waals surface area contributed by atoms with Crippen LogP contribution in [0.4, 0.5) is 0 Å². The highest BCUT2D eigenvalue weighted by Gasteiger charge is 2.14. The maximum Gasteiger partial charge on any atom is 0.288 e. The normalized spacial score (nSPS) is 13.2. The molecule has 2 aromatic carbocycles. The minimum Gasteiger partial charge on any atom is -0.199 e. The lowest BCUT2D eigenvalue weighted by Crippen LogP contribution is -2.03. The minimum absolute atomic E-state index is 0.237. The first kappa shape index (κ1) is 17.2. The second-order valence-corrected chi connectivity index (χ2v) is 8.86. The molecule has 0 amide bonds. The van der Waals surface area contributed by atoms with E-state index in [4.69, 9.17) is 11.6 Å². The van der Waals surface area contributed by atoms with Crippen molar-refractivity contribution in [2.75, 3.05) is 5.75 Å². The summed E-state index contributed by atoms with van der Waals surface area (Å²) in [4.78, 5) is 1.15. The van der Waals surface area contributed by atoms with Gasteiger partial charge in [0.2, 0.25) is 0 Å². The standard InChI is InChI=1S/C16H18ClNO2S2/c1-3-21(15-8-6-14(12-17)7-9-15)18-22(19,20)16-10-4-13(2)5-11-16/h4-11H,3,12H2,1-2H3. The van der Waals surface area contributed by atoms with Gasteiger partial charge >= 0.3 is 0 Å². The molecule has 1 unspecified atom stereocenters. The van der Waals surface area contributed by atoms with E-state index in [0.717, 1.165) is 16.0 Å². The van der Waals surface area contributed by atoms with E-state index in [-0.39, 0.29) is 4.90 Å². The van der Waals surface area contributed by atoms with Crippen LogP contribution in [0.25, 0.3) is 0 Å². The van der Waals surface area contributed by atoms with E-state index >= 15 is 0 Å². The fraction of sp³-hybridized carbons (Fsp3) is 0.250. The molecule has 0 spiro atoms. The molecule has 0 bridgehead atoms. The van der Waals surface area contributed by atoms with E-state index in [1.807, 2.05) is 38.1 Å². The maximum atomic E-state index is 12.4. The van der Waals surface area contributed by atoms with E-state index < -0.39 is 20.7 Å². The van der Waals surface area contributed by atoms with Crippen molar-refractivity contribution in [3.63, 3.8) is 0 Å². The lowest BCUT2D eigenvalue weighted by atomic mass is 10.2. The van der Waals surface area contributed by atoms with Gasteiger partial charge in [-0.3, -0.25) is 0 Å². The summed E-state index contributed by atoms with van der Waals surface area (Å²) in [7, 11) is -4.33. The summed E-state index contributed by atoms with van der Waals surface area (Å²) in [6.45, 7) is 3.86. The van der Waals surface area contributed by atoms with Crippen molar-refractivity contribution in [1.82, 2.24) is 0 Å². The molecule has 1 atom stereocenters. The fourth-order valence-corrected chi connectivity index (χ4v) is 5.37. The summed E-state index contributed by atoms with van der Waals surface area (Å²) in [6.07, 6.45) is 0. The second-order valence-electron chi connectivity index (χ2n) is 4.79. The van der Waals surface area contributed by atoms with Crippen LogP contribution in [0.5, 0.6) is 0 Å². The van der Waals surface area contributed by atoms with E-state index in [1.54, 1.807) is 24.3 Å². The van der Waals surface area contributed by atoms with Crippen molar-refractivity contribution in [1.29, 1.82) is 0 Å². The molecule has 0 aliphatic heterocycles. The molecule has 0 saturated carbocycles. The van der Waals surface area contributed by atoms with Gasteiger partial charge in [0.15, 0.2) is 0 Å². The Balaban J connectivity index is 2.40. The number of nitrogens with zero attached hydrogens (tertiary/aromatic N) is 1. The molecule has 0 heterocycles. The minimum atomic E-state index is -3.64. The molecule has 0 N–H and O–H groups in total. The van der Waals surface area contributed by atoms with Crippen LogP contribution in [-0.4, -0.2) is 14.2 Å². The number of halogens is 1. The Morgan fingerprint density at radius 3 is 2.14 bits per heavy atom. The van der Waals surface area contributed by atoms with Gasteiger partial charge < -0.3 is 0 Å². The molecular formula is C16H18ClNO2S2. The van der Waals surface area contributed by atoms with Crippen LogP contribution in [0.3, 0.4) is 0 Å². The summed E-state index contributed by atoms with van der Waals surface area (Å²) in [5.74, 6) is 1.09. The van der Waals surface area contributed by atoms with Gasteiger partial charge in [-0.05, 0) is 36.8 Å². The highest BCUT2D eigenvalue weighted by Crippen LogP contribution is 2.18. The van der Waals surface area contributed by atoms with E-state index in [1.165, 1.54) is 0 Å². The number of aryl methyl sites for hydroxylation is 1. The lowest BCUT2D eigenvalue weighted by Gasteiger charge is -2.07. The molecule has 0 aliphatic rings. The number of benzene rings is 2. The third-order valence-corrected chi connectivity index (χ3v) is 7.17. The summed E-state index contributed by atoms with van der Waals surface area (Å²) in [6, 6.07) is 14.4. The van der Waals surface area contributed by atoms with Gasteiger partial charge in [-0.1, -0.05) is 47.4 Å². The van der Waals surface area contributed by atoms with Gasteiger partial charge in [0, 0.05) is 16.5 Å². The molecule has 0 aliphatic carbocycles. The summed E-state index contributed by atoms with van der Waals surface area (Å²) < 4.78 is 29.0. The number of alkyl halides is 1. The Kier molecular flexibility index (Phi) is 5.78. The average Bonchev–Trinajstić information content (AvgIpc) is 2.53. The molecule has 2 rings (SSSR count). The smallest absolute Gasteiger partial charge is 0.199 e. The largest absolute Gasteiger partial charge is 0.288 e. The molecule has 6 heteroatoms. The quantitative estimate of drug-likeness (QED) is 0.750. The average molecular weight is 356 g/mol. The highest BCUT2D eigenvalue weighted by molar-refractivity contribution is 8.00. The zero-order valence-corrected chi connectivity index (χ0v) is 14.9. The van der Waals surface area contributed by atoms with Gasteiger partial charge in [0.1, 0.15) is 0 Å². The van der Waals surface area contributed by atoms with Crippen LogP contribution in [0.2, 0.25) is 0 Å². The monoisotopic (exact) mass is 355 g/mol. The van der Waals surface area contributed by atoms with Crippen LogP contribution in [-0.2, 0) is 26.6 Å². The van der Waals surface area contributed by atoms with Crippen molar-refractivity contribution >= 4 is 32.3 Å². The third-order valence-electron chi connectivity index (χ3n) is 3.13. The summed E-state index contributed by atoms with van der Waals surface area (Å²) in [5, 5.41) is 0. The Labute approximate surface area is 139 Å². The SMILES string of the molecule is CCS(=NS(=O)(=O)c1ccc(C)cc1)c1ccc(CCl)cc1. The van der Waals surface area contributed by atoms with Crippen LogP contribution >= 0.6 is 11.6 Å². The Morgan fingerprint density at radius 1 is 1.05 bits per heavy atom. The molecule has 0 radical (unpaired) electrons. The Morgan fingerprint density at radius 2 is 1.64 bits per heavy atom. The molecular weight excluding hydrogens is 338 g/mol. The van der Waals surface area contributed by atoms with Crippen molar-refractivity contribution < 1.29 is 8.42 Å². The van der Waals surface area contributed by atoms with Crippen LogP contribution in [0.1, 0.15) is 18.1 Å². The van der Waals surface area contributed by atoms with Gasteiger partial charge in [-0.15, -0.1) is 15.4 Å².